The summed E-state index contributed by atoms with van der Waals surface area (Å²) in [5, 5.41) is 8.96. The van der Waals surface area contributed by atoms with Crippen molar-refractivity contribution in [1.82, 2.24) is 25.5 Å². The van der Waals surface area contributed by atoms with Crippen LogP contribution in [0.4, 0.5) is 31.0 Å². The molecule has 11 heteroatoms. The van der Waals surface area contributed by atoms with Gasteiger partial charge in [-0.25, -0.2) is 23.5 Å². The van der Waals surface area contributed by atoms with Crippen LogP contribution in [0.3, 0.4) is 0 Å². The number of hydrogen-bond acceptors (Lipinski definition) is 6. The van der Waals surface area contributed by atoms with E-state index in [1.54, 1.807) is 12.1 Å². The maximum absolute atomic E-state index is 15.0. The zero-order valence-electron chi connectivity index (χ0n) is 25.7. The van der Waals surface area contributed by atoms with Crippen LogP contribution < -0.4 is 20.9 Å². The highest BCUT2D eigenvalue weighted by molar-refractivity contribution is 6.02. The van der Waals surface area contributed by atoms with E-state index in [-0.39, 0.29) is 36.3 Å². The van der Waals surface area contributed by atoms with Gasteiger partial charge in [-0.2, -0.15) is 4.98 Å². The summed E-state index contributed by atoms with van der Waals surface area (Å²) in [6, 6.07) is 7.97. The minimum atomic E-state index is -0.897. The molecule has 0 bridgehead atoms. The van der Waals surface area contributed by atoms with Crippen molar-refractivity contribution in [2.75, 3.05) is 29.9 Å². The van der Waals surface area contributed by atoms with Crippen LogP contribution in [0.5, 0.6) is 0 Å². The molecule has 1 aliphatic heterocycles. The third-order valence-corrected chi connectivity index (χ3v) is 7.53. The van der Waals surface area contributed by atoms with Crippen molar-refractivity contribution in [3.05, 3.63) is 64.7 Å². The van der Waals surface area contributed by atoms with Gasteiger partial charge in [0.15, 0.2) is 5.82 Å². The largest absolute Gasteiger partial charge is 0.352 e. The molecule has 0 radical (unpaired) electrons. The lowest BCUT2D eigenvalue weighted by atomic mass is 9.97. The average molecular weight is 594 g/mol. The quantitative estimate of drug-likeness (QED) is 0.233. The maximum atomic E-state index is 15.0. The second-order valence-corrected chi connectivity index (χ2v) is 11.1. The molecule has 3 amide bonds. The second-order valence-electron chi connectivity index (χ2n) is 11.1. The highest BCUT2D eigenvalue weighted by Crippen LogP contribution is 2.39. The van der Waals surface area contributed by atoms with Gasteiger partial charge in [0, 0.05) is 28.8 Å². The fraction of sp³-hybridized carbons (Fsp3) is 0.438. The molecule has 3 aromatic rings. The average Bonchev–Trinajstić information content (AvgIpc) is 2.96. The molecule has 9 nitrogen and oxygen atoms in total. The van der Waals surface area contributed by atoms with Gasteiger partial charge in [-0.3, -0.25) is 4.79 Å². The summed E-state index contributed by atoms with van der Waals surface area (Å²) in [4.78, 5) is 38.8. The van der Waals surface area contributed by atoms with Crippen molar-refractivity contribution in [2.24, 2.45) is 0 Å². The number of carbonyl (C=O) groups excluding carboxylic acids is 2. The lowest BCUT2D eigenvalue weighted by molar-refractivity contribution is 0.0943. The van der Waals surface area contributed by atoms with E-state index in [0.29, 0.717) is 22.4 Å². The number of nitrogens with zero attached hydrogens (tertiary/aromatic N) is 4. The Kier molecular flexibility index (Phi) is 10.3. The molecule has 0 fully saturated rings. The molecule has 2 heterocycles. The first-order valence-corrected chi connectivity index (χ1v) is 14.9. The molecule has 3 N–H and O–H groups in total. The van der Waals surface area contributed by atoms with Crippen LogP contribution in [-0.2, 0) is 6.54 Å². The number of aromatic nitrogens is 2. The van der Waals surface area contributed by atoms with Crippen molar-refractivity contribution in [3.63, 3.8) is 0 Å². The van der Waals surface area contributed by atoms with Crippen molar-refractivity contribution < 1.29 is 18.4 Å². The maximum Gasteiger partial charge on any atom is 0.328 e. The van der Waals surface area contributed by atoms with E-state index in [1.165, 1.54) is 6.07 Å². The molecule has 0 spiro atoms. The molecule has 1 unspecified atom stereocenters. The van der Waals surface area contributed by atoms with Gasteiger partial charge in [0.05, 0.1) is 12.2 Å². The van der Waals surface area contributed by atoms with Gasteiger partial charge in [-0.15, -0.1) is 0 Å². The Bertz CT molecular complexity index is 1460. The van der Waals surface area contributed by atoms with Crippen molar-refractivity contribution >= 4 is 29.4 Å². The molecule has 4 rings (SSSR count). The number of nitrogens with one attached hydrogen (secondary N) is 3. The summed E-state index contributed by atoms with van der Waals surface area (Å²) >= 11 is 0. The fourth-order valence-corrected chi connectivity index (χ4v) is 5.17. The molecule has 1 atom stereocenters. The second kappa shape index (κ2) is 13.9. The Morgan fingerprint density at radius 2 is 1.79 bits per heavy atom. The van der Waals surface area contributed by atoms with E-state index < -0.39 is 23.4 Å². The lowest BCUT2D eigenvalue weighted by Gasteiger charge is -2.31. The van der Waals surface area contributed by atoms with Gasteiger partial charge in [0.1, 0.15) is 17.3 Å². The number of aryl methyl sites for hydroxylation is 1. The SMILES string of the molecule is CCN(CC)CCCC(C)Nc1nc(-c2cc(C(=O)NC(C)C)ccc2C)c2c(n1)N(c1c(F)cccc1F)C(=O)NC2. The predicted octanol–water partition coefficient (Wildman–Crippen LogP) is 6.15. The topological polar surface area (TPSA) is 102 Å². The Morgan fingerprint density at radius 3 is 2.44 bits per heavy atom. The summed E-state index contributed by atoms with van der Waals surface area (Å²) in [7, 11) is 0. The van der Waals surface area contributed by atoms with Gasteiger partial charge >= 0.3 is 6.03 Å². The Morgan fingerprint density at radius 1 is 1.09 bits per heavy atom. The molecule has 230 valence electrons. The molecule has 1 aromatic heterocycles. The standard InChI is InChI=1S/C32H41F2N7O2/c1-7-40(8-2)16-10-11-21(6)37-31-38-27(23-17-22(15-14-20(23)5)30(42)36-19(3)4)24-18-35-32(43)41(29(24)39-31)28-25(33)12-9-13-26(28)34/h9,12-15,17,19,21H,7-8,10-11,16,18H2,1-6H3,(H,35,43)(H,36,42)(H,37,38,39). The van der Waals surface area contributed by atoms with Crippen LogP contribution in [0, 0.1) is 18.6 Å². The van der Waals surface area contributed by atoms with Crippen LogP contribution in [-0.4, -0.2) is 58.5 Å². The minimum Gasteiger partial charge on any atom is -0.352 e. The lowest BCUT2D eigenvalue weighted by Crippen LogP contribution is -2.43. The van der Waals surface area contributed by atoms with Crippen LogP contribution >= 0.6 is 0 Å². The first kappa shape index (κ1) is 31.8. The molecule has 0 saturated carbocycles. The van der Waals surface area contributed by atoms with Crippen molar-refractivity contribution in [1.29, 1.82) is 0 Å². The van der Waals surface area contributed by atoms with E-state index >= 15 is 8.78 Å². The number of benzene rings is 2. The number of amides is 3. The van der Waals surface area contributed by atoms with Gasteiger partial charge in [0.25, 0.3) is 5.91 Å². The highest BCUT2D eigenvalue weighted by Gasteiger charge is 2.34. The van der Waals surface area contributed by atoms with E-state index in [2.05, 4.69) is 39.7 Å². The van der Waals surface area contributed by atoms with Crippen LogP contribution in [0.25, 0.3) is 11.3 Å². The Balaban J connectivity index is 1.83. The minimum absolute atomic E-state index is 0.0261. The van der Waals surface area contributed by atoms with Crippen LogP contribution in [0.15, 0.2) is 36.4 Å². The molecular weight excluding hydrogens is 552 g/mol. The third-order valence-electron chi connectivity index (χ3n) is 7.53. The van der Waals surface area contributed by atoms with Gasteiger partial charge in [0.2, 0.25) is 5.95 Å². The Labute approximate surface area is 252 Å². The summed E-state index contributed by atoms with van der Waals surface area (Å²) < 4.78 is 30.1. The first-order chi connectivity index (χ1) is 20.5. The third kappa shape index (κ3) is 7.27. The fourth-order valence-electron chi connectivity index (χ4n) is 5.17. The van der Waals surface area contributed by atoms with Gasteiger partial charge in [-0.05, 0) is 90.0 Å². The number of fused-ring (bicyclic) bond motifs is 1. The van der Waals surface area contributed by atoms with E-state index in [9.17, 15) is 9.59 Å². The van der Waals surface area contributed by atoms with Gasteiger partial charge in [-0.1, -0.05) is 26.0 Å². The summed E-state index contributed by atoms with van der Waals surface area (Å²) in [5.74, 6) is -1.73. The predicted molar refractivity (Wildman–Crippen MR) is 166 cm³/mol. The van der Waals surface area contributed by atoms with Crippen molar-refractivity contribution in [3.8, 4) is 11.3 Å². The smallest absolute Gasteiger partial charge is 0.328 e. The molecule has 0 aliphatic carbocycles. The van der Waals surface area contributed by atoms with Crippen LogP contribution in [0.1, 0.15) is 68.9 Å². The summed E-state index contributed by atoms with van der Waals surface area (Å²) in [6.07, 6.45) is 1.79. The number of rotatable bonds is 12. The first-order valence-electron chi connectivity index (χ1n) is 14.9. The van der Waals surface area contributed by atoms with Gasteiger partial charge < -0.3 is 20.9 Å². The zero-order chi connectivity index (χ0) is 31.3. The number of para-hydroxylation sites is 1. The summed E-state index contributed by atoms with van der Waals surface area (Å²) in [6.45, 7) is 14.9. The van der Waals surface area contributed by atoms with E-state index in [1.807, 2.05) is 33.8 Å². The number of anilines is 3. The number of carbonyl (C=O) groups is 2. The molecule has 0 saturated heterocycles. The van der Waals surface area contributed by atoms with Crippen LogP contribution in [0.2, 0.25) is 0 Å². The van der Waals surface area contributed by atoms with Crippen molar-refractivity contribution in [2.45, 2.75) is 73.0 Å². The zero-order valence-corrected chi connectivity index (χ0v) is 25.7. The normalized spacial score (nSPS) is 13.6. The highest BCUT2D eigenvalue weighted by atomic mass is 19.1. The number of hydrogen-bond donors (Lipinski definition) is 3. The molecule has 2 aromatic carbocycles. The molecule has 43 heavy (non-hydrogen) atoms. The molecular formula is C32H41F2N7O2. The number of urea groups is 1. The monoisotopic (exact) mass is 593 g/mol. The molecule has 1 aliphatic rings. The van der Waals surface area contributed by atoms with E-state index in [4.69, 9.17) is 4.98 Å². The summed E-state index contributed by atoms with van der Waals surface area (Å²) in [5.41, 5.74) is 2.34. The number of halogens is 2. The Hall–Kier alpha value is -4.12. The van der Waals surface area contributed by atoms with E-state index in [0.717, 1.165) is 55.1 Å².